The normalized spacial score (nSPS) is 11.1. The SMILES string of the molecule is CS(=O)(=O)N(c1ccccc1N=N)c1scnc1C(=O)O. The highest BCUT2D eigenvalue weighted by Gasteiger charge is 2.29. The van der Waals surface area contributed by atoms with Crippen LogP contribution >= 0.6 is 11.3 Å². The maximum absolute atomic E-state index is 12.1. The second-order valence-electron chi connectivity index (χ2n) is 3.94. The van der Waals surface area contributed by atoms with Gasteiger partial charge < -0.3 is 5.11 Å². The maximum Gasteiger partial charge on any atom is 0.357 e. The van der Waals surface area contributed by atoms with Crippen molar-refractivity contribution >= 4 is 43.7 Å². The lowest BCUT2D eigenvalue weighted by atomic mass is 10.2. The first-order chi connectivity index (χ1) is 9.86. The van der Waals surface area contributed by atoms with E-state index in [1.54, 1.807) is 12.1 Å². The van der Waals surface area contributed by atoms with Gasteiger partial charge in [-0.1, -0.05) is 12.1 Å². The van der Waals surface area contributed by atoms with E-state index in [1.165, 1.54) is 17.6 Å². The van der Waals surface area contributed by atoms with Gasteiger partial charge in [0.25, 0.3) is 0 Å². The van der Waals surface area contributed by atoms with Crippen molar-refractivity contribution in [2.24, 2.45) is 5.11 Å². The van der Waals surface area contributed by atoms with E-state index in [1.807, 2.05) is 0 Å². The van der Waals surface area contributed by atoms with Gasteiger partial charge in [0.1, 0.15) is 10.7 Å². The average molecular weight is 326 g/mol. The van der Waals surface area contributed by atoms with Crippen LogP contribution in [0.2, 0.25) is 0 Å². The second-order valence-corrected chi connectivity index (χ2v) is 6.60. The van der Waals surface area contributed by atoms with Gasteiger partial charge in [-0.15, -0.1) is 11.3 Å². The summed E-state index contributed by atoms with van der Waals surface area (Å²) in [6.07, 6.45) is 0.944. The summed E-state index contributed by atoms with van der Waals surface area (Å²) in [5.41, 5.74) is 8.20. The van der Waals surface area contributed by atoms with Crippen molar-refractivity contribution in [3.63, 3.8) is 0 Å². The van der Waals surface area contributed by atoms with Crippen LogP contribution in [0.1, 0.15) is 10.5 Å². The summed E-state index contributed by atoms with van der Waals surface area (Å²) in [7, 11) is -3.83. The topological polar surface area (TPSA) is 124 Å². The Kier molecular flexibility index (Phi) is 4.00. The van der Waals surface area contributed by atoms with E-state index in [9.17, 15) is 13.2 Å². The van der Waals surface area contributed by atoms with Crippen LogP contribution in [0.15, 0.2) is 34.9 Å². The molecule has 0 saturated carbocycles. The highest BCUT2D eigenvalue weighted by Crippen LogP contribution is 2.39. The summed E-state index contributed by atoms with van der Waals surface area (Å²) >= 11 is 0.879. The van der Waals surface area contributed by atoms with Crippen molar-refractivity contribution in [1.29, 1.82) is 5.53 Å². The highest BCUT2D eigenvalue weighted by molar-refractivity contribution is 7.92. The van der Waals surface area contributed by atoms with Crippen molar-refractivity contribution in [3.8, 4) is 0 Å². The lowest BCUT2D eigenvalue weighted by molar-refractivity contribution is 0.0692. The molecule has 0 atom stereocenters. The third-order valence-electron chi connectivity index (χ3n) is 2.49. The van der Waals surface area contributed by atoms with Crippen molar-refractivity contribution in [2.45, 2.75) is 0 Å². The first-order valence-corrected chi connectivity index (χ1v) is 8.22. The van der Waals surface area contributed by atoms with Gasteiger partial charge in [-0.25, -0.2) is 28.0 Å². The summed E-state index contributed by atoms with van der Waals surface area (Å²) in [6.45, 7) is 0. The maximum atomic E-state index is 12.1. The first-order valence-electron chi connectivity index (χ1n) is 5.50. The minimum atomic E-state index is -3.83. The Morgan fingerprint density at radius 2 is 2.10 bits per heavy atom. The summed E-state index contributed by atoms with van der Waals surface area (Å²) in [4.78, 5) is 14.8. The minimum absolute atomic E-state index is 0.0545. The molecule has 1 aromatic heterocycles. The van der Waals surface area contributed by atoms with Crippen LogP contribution in [0.5, 0.6) is 0 Å². The average Bonchev–Trinajstić information content (AvgIpc) is 2.87. The Labute approximate surface area is 124 Å². The first kappa shape index (κ1) is 15.1. The van der Waals surface area contributed by atoms with Crippen molar-refractivity contribution < 1.29 is 18.3 Å². The number of nitrogens with one attached hydrogen (secondary N) is 1. The number of benzene rings is 1. The van der Waals surface area contributed by atoms with E-state index < -0.39 is 16.0 Å². The van der Waals surface area contributed by atoms with E-state index in [4.69, 9.17) is 10.6 Å². The van der Waals surface area contributed by atoms with Gasteiger partial charge in [0.15, 0.2) is 5.69 Å². The molecule has 0 saturated heterocycles. The molecule has 0 aliphatic heterocycles. The molecule has 8 nitrogen and oxygen atoms in total. The number of carboxylic acids is 1. The van der Waals surface area contributed by atoms with Crippen LogP contribution in [0.25, 0.3) is 0 Å². The summed E-state index contributed by atoms with van der Waals surface area (Å²) < 4.78 is 25.0. The van der Waals surface area contributed by atoms with E-state index >= 15 is 0 Å². The van der Waals surface area contributed by atoms with Gasteiger partial charge in [-0.05, 0) is 12.1 Å². The fourth-order valence-electron chi connectivity index (χ4n) is 1.70. The molecule has 0 aliphatic carbocycles. The zero-order valence-electron chi connectivity index (χ0n) is 10.7. The molecule has 2 N–H and O–H groups in total. The zero-order chi connectivity index (χ0) is 15.6. The molecule has 0 unspecified atom stereocenters. The molecule has 0 spiro atoms. The molecule has 0 fully saturated rings. The lowest BCUT2D eigenvalue weighted by Gasteiger charge is -2.21. The molecule has 0 aliphatic rings. The summed E-state index contributed by atoms with van der Waals surface area (Å²) in [6, 6.07) is 6.08. The fourth-order valence-corrected chi connectivity index (χ4v) is 3.84. The summed E-state index contributed by atoms with van der Waals surface area (Å²) in [5, 5.41) is 12.3. The van der Waals surface area contributed by atoms with E-state index in [0.29, 0.717) is 0 Å². The number of aromatic carboxylic acids is 1. The van der Waals surface area contributed by atoms with Crippen LogP contribution in [0, 0.1) is 5.53 Å². The summed E-state index contributed by atoms with van der Waals surface area (Å²) in [5.74, 6) is -1.33. The smallest absolute Gasteiger partial charge is 0.357 e. The van der Waals surface area contributed by atoms with E-state index in [-0.39, 0.29) is 22.1 Å². The van der Waals surface area contributed by atoms with Crippen LogP contribution in [-0.2, 0) is 10.0 Å². The van der Waals surface area contributed by atoms with Gasteiger partial charge in [0.2, 0.25) is 10.0 Å². The lowest BCUT2D eigenvalue weighted by Crippen LogP contribution is -2.25. The quantitative estimate of drug-likeness (QED) is 0.817. The molecule has 10 heteroatoms. The third-order valence-corrected chi connectivity index (χ3v) is 4.46. The largest absolute Gasteiger partial charge is 0.476 e. The Hall–Kier alpha value is -2.33. The molecule has 2 rings (SSSR count). The van der Waals surface area contributed by atoms with Crippen LogP contribution in [-0.4, -0.2) is 30.7 Å². The predicted molar refractivity (Wildman–Crippen MR) is 77.3 cm³/mol. The Morgan fingerprint density at radius 1 is 1.43 bits per heavy atom. The number of hydrogen-bond acceptors (Lipinski definition) is 7. The predicted octanol–water partition coefficient (Wildman–Crippen LogP) is 2.60. The molecular weight excluding hydrogens is 316 g/mol. The Morgan fingerprint density at radius 3 is 2.67 bits per heavy atom. The van der Waals surface area contributed by atoms with Gasteiger partial charge >= 0.3 is 5.97 Å². The molecule has 1 aromatic carbocycles. The van der Waals surface area contributed by atoms with Gasteiger partial charge in [-0.3, -0.25) is 0 Å². The van der Waals surface area contributed by atoms with Crippen molar-refractivity contribution in [1.82, 2.24) is 4.98 Å². The van der Waals surface area contributed by atoms with Crippen LogP contribution in [0.4, 0.5) is 16.4 Å². The molecular formula is C11H10N4O4S2. The monoisotopic (exact) mass is 326 g/mol. The Balaban J connectivity index is 2.74. The number of aromatic nitrogens is 1. The van der Waals surface area contributed by atoms with Crippen LogP contribution < -0.4 is 4.31 Å². The molecule has 110 valence electrons. The number of carbonyl (C=O) groups is 1. The van der Waals surface area contributed by atoms with E-state index in [2.05, 4.69) is 10.1 Å². The number of anilines is 2. The molecule has 1 heterocycles. The number of thiazole rings is 1. The van der Waals surface area contributed by atoms with Gasteiger partial charge in [0.05, 0.1) is 17.5 Å². The third kappa shape index (κ3) is 2.90. The van der Waals surface area contributed by atoms with Crippen molar-refractivity contribution in [3.05, 3.63) is 35.5 Å². The fraction of sp³-hybridized carbons (Fsp3) is 0.0909. The van der Waals surface area contributed by atoms with Crippen molar-refractivity contribution in [2.75, 3.05) is 10.6 Å². The number of hydrogen-bond donors (Lipinski definition) is 2. The number of carboxylic acid groups (broad SMARTS) is 1. The van der Waals surface area contributed by atoms with E-state index in [0.717, 1.165) is 21.9 Å². The van der Waals surface area contributed by atoms with Gasteiger partial charge in [0, 0.05) is 0 Å². The van der Waals surface area contributed by atoms with Gasteiger partial charge in [-0.2, -0.15) is 5.11 Å². The molecule has 2 aromatic rings. The highest BCUT2D eigenvalue weighted by atomic mass is 32.2. The molecule has 21 heavy (non-hydrogen) atoms. The number of para-hydroxylation sites is 2. The second kappa shape index (κ2) is 5.58. The molecule has 0 radical (unpaired) electrons. The number of sulfonamides is 1. The zero-order valence-corrected chi connectivity index (χ0v) is 12.3. The Bertz CT molecular complexity index is 800. The van der Waals surface area contributed by atoms with Crippen LogP contribution in [0.3, 0.4) is 0 Å². The molecule has 0 bridgehead atoms. The molecule has 0 amide bonds. The minimum Gasteiger partial charge on any atom is -0.476 e. The number of nitrogens with zero attached hydrogens (tertiary/aromatic N) is 3. The standard InChI is InChI=1S/C11H10N4O4S2/c1-21(18,19)15(8-5-3-2-4-7(8)14-12)10-9(11(16)17)13-6-20-10/h2-6,12H,1H3,(H,16,17). The number of rotatable bonds is 5.